The first-order valence-electron chi connectivity index (χ1n) is 9.59. The summed E-state index contributed by atoms with van der Waals surface area (Å²) in [7, 11) is 1.81. The number of nitrogens with zero attached hydrogens (tertiary/aromatic N) is 5. The quantitative estimate of drug-likeness (QED) is 0.691. The van der Waals surface area contributed by atoms with Gasteiger partial charge in [-0.15, -0.1) is 0 Å². The fourth-order valence-corrected chi connectivity index (χ4v) is 3.96. The molecule has 2 heterocycles. The zero-order chi connectivity index (χ0) is 19.9. The fourth-order valence-electron chi connectivity index (χ4n) is 3.96. The van der Waals surface area contributed by atoms with Crippen LogP contribution in [0, 0.1) is 27.7 Å². The monoisotopic (exact) mass is 367 g/mol. The van der Waals surface area contributed by atoms with Gasteiger partial charge in [-0.2, -0.15) is 0 Å². The Morgan fingerprint density at radius 2 is 1.67 bits per heavy atom. The molecule has 1 aromatic carbocycles. The number of imidazole rings is 1. The third-order valence-electron chi connectivity index (χ3n) is 5.02. The minimum atomic E-state index is -0.0891. The minimum Gasteiger partial charge on any atom is -0.355 e. The zero-order valence-corrected chi connectivity index (χ0v) is 17.4. The highest BCUT2D eigenvalue weighted by Gasteiger charge is 2.23. The Hall–Kier alpha value is -2.63. The van der Waals surface area contributed by atoms with Gasteiger partial charge in [0.1, 0.15) is 11.3 Å². The van der Waals surface area contributed by atoms with Crippen molar-refractivity contribution in [2.24, 2.45) is 7.05 Å². The molecule has 0 amide bonds. The number of hydrogen-bond donors (Lipinski definition) is 0. The molecular formula is C21H29N5O. The number of fused-ring (bicyclic) bond motifs is 1. The Bertz CT molecular complexity index is 1040. The van der Waals surface area contributed by atoms with Crippen molar-refractivity contribution in [3.05, 3.63) is 45.1 Å². The van der Waals surface area contributed by atoms with Gasteiger partial charge in [-0.1, -0.05) is 24.6 Å². The molecule has 0 bridgehead atoms. The van der Waals surface area contributed by atoms with Crippen molar-refractivity contribution >= 4 is 17.0 Å². The maximum absolute atomic E-state index is 13.2. The van der Waals surface area contributed by atoms with Crippen LogP contribution >= 0.6 is 0 Å². The van der Waals surface area contributed by atoms with Crippen LogP contribution < -0.4 is 10.6 Å². The lowest BCUT2D eigenvalue weighted by Gasteiger charge is -2.22. The molecule has 144 valence electrons. The zero-order valence-electron chi connectivity index (χ0n) is 17.4. The Labute approximate surface area is 160 Å². The largest absolute Gasteiger partial charge is 0.355 e. The van der Waals surface area contributed by atoms with Crippen LogP contribution in [0.2, 0.25) is 0 Å². The van der Waals surface area contributed by atoms with Crippen molar-refractivity contribution in [1.29, 1.82) is 0 Å². The summed E-state index contributed by atoms with van der Waals surface area (Å²) in [5.74, 6) is 1.51. The lowest BCUT2D eigenvalue weighted by atomic mass is 10.1. The molecule has 3 rings (SSSR count). The summed E-state index contributed by atoms with van der Waals surface area (Å²) in [6.07, 6.45) is 1.02. The van der Waals surface area contributed by atoms with Gasteiger partial charge in [-0.05, 0) is 52.2 Å². The van der Waals surface area contributed by atoms with Gasteiger partial charge in [0.05, 0.1) is 5.69 Å². The van der Waals surface area contributed by atoms with Gasteiger partial charge in [0, 0.05) is 20.1 Å². The molecule has 0 N–H and O–H groups in total. The van der Waals surface area contributed by atoms with Crippen molar-refractivity contribution in [3.63, 3.8) is 0 Å². The highest BCUT2D eigenvalue weighted by molar-refractivity contribution is 5.86. The first-order valence-corrected chi connectivity index (χ1v) is 9.59. The molecule has 0 aliphatic heterocycles. The molecule has 0 spiro atoms. The summed E-state index contributed by atoms with van der Waals surface area (Å²) >= 11 is 0. The van der Waals surface area contributed by atoms with E-state index in [9.17, 15) is 4.79 Å². The van der Waals surface area contributed by atoms with E-state index < -0.39 is 0 Å². The first kappa shape index (κ1) is 19.1. The van der Waals surface area contributed by atoms with E-state index in [4.69, 9.17) is 4.98 Å². The van der Waals surface area contributed by atoms with Gasteiger partial charge < -0.3 is 4.90 Å². The third kappa shape index (κ3) is 3.13. The smallest absolute Gasteiger partial charge is 0.334 e. The fraction of sp³-hybridized carbons (Fsp3) is 0.476. The Morgan fingerprint density at radius 1 is 1.04 bits per heavy atom. The number of rotatable bonds is 5. The summed E-state index contributed by atoms with van der Waals surface area (Å²) in [6, 6.07) is 4.22. The molecule has 0 unspecified atom stereocenters. The molecule has 6 nitrogen and oxygen atoms in total. The molecule has 0 fully saturated rings. The standard InChI is InChI=1S/C21H29N5O/c1-8-10-25(9-2)19-18-20(23-16(6)22-19)26(21(27)24(18)7)17-14(4)11-13(3)12-15(17)5/h11-12H,8-10H2,1-7H3. The number of hydrogen-bond acceptors (Lipinski definition) is 4. The molecule has 0 radical (unpaired) electrons. The Morgan fingerprint density at radius 3 is 2.22 bits per heavy atom. The van der Waals surface area contributed by atoms with Gasteiger partial charge in [0.15, 0.2) is 11.5 Å². The van der Waals surface area contributed by atoms with Gasteiger partial charge in [0.25, 0.3) is 0 Å². The number of aryl methyl sites for hydroxylation is 5. The van der Waals surface area contributed by atoms with E-state index in [0.29, 0.717) is 11.5 Å². The van der Waals surface area contributed by atoms with Crippen LogP contribution in [0.3, 0.4) is 0 Å². The van der Waals surface area contributed by atoms with E-state index in [-0.39, 0.29) is 5.69 Å². The SMILES string of the molecule is CCCN(CC)c1nc(C)nc2c1n(C)c(=O)n2-c1c(C)cc(C)cc1C. The van der Waals surface area contributed by atoms with E-state index in [1.165, 1.54) is 5.56 Å². The molecule has 0 saturated heterocycles. The van der Waals surface area contributed by atoms with E-state index in [0.717, 1.165) is 47.7 Å². The van der Waals surface area contributed by atoms with Gasteiger partial charge in [-0.3, -0.25) is 4.57 Å². The number of aromatic nitrogens is 4. The summed E-state index contributed by atoms with van der Waals surface area (Å²) in [5, 5.41) is 0. The summed E-state index contributed by atoms with van der Waals surface area (Å²) < 4.78 is 3.43. The number of anilines is 1. The van der Waals surface area contributed by atoms with Crippen LogP contribution in [0.25, 0.3) is 16.9 Å². The van der Waals surface area contributed by atoms with E-state index in [1.807, 2.05) is 27.8 Å². The molecule has 0 atom stereocenters. The number of benzene rings is 1. The molecule has 2 aromatic heterocycles. The van der Waals surface area contributed by atoms with Crippen LogP contribution in [0.4, 0.5) is 5.82 Å². The molecule has 3 aromatic rings. The lowest BCUT2D eigenvalue weighted by Crippen LogP contribution is -2.26. The van der Waals surface area contributed by atoms with Crippen LogP contribution in [0.5, 0.6) is 0 Å². The van der Waals surface area contributed by atoms with E-state index >= 15 is 0 Å². The average molecular weight is 367 g/mol. The second-order valence-electron chi connectivity index (χ2n) is 7.27. The molecule has 0 aliphatic rings. The van der Waals surface area contributed by atoms with Crippen LogP contribution in [0.15, 0.2) is 16.9 Å². The molecular weight excluding hydrogens is 338 g/mol. The summed E-state index contributed by atoms with van der Waals surface area (Å²) in [6.45, 7) is 14.0. The lowest BCUT2D eigenvalue weighted by molar-refractivity contribution is 0.771. The van der Waals surface area contributed by atoms with Gasteiger partial charge in [0.2, 0.25) is 0 Å². The van der Waals surface area contributed by atoms with Crippen molar-refractivity contribution in [2.75, 3.05) is 18.0 Å². The van der Waals surface area contributed by atoms with Crippen molar-refractivity contribution < 1.29 is 0 Å². The minimum absolute atomic E-state index is 0.0891. The second kappa shape index (κ2) is 7.18. The first-order chi connectivity index (χ1) is 12.8. The predicted molar refractivity (Wildman–Crippen MR) is 111 cm³/mol. The average Bonchev–Trinajstić information content (AvgIpc) is 2.83. The predicted octanol–water partition coefficient (Wildman–Crippen LogP) is 3.59. The van der Waals surface area contributed by atoms with Crippen LogP contribution in [0.1, 0.15) is 42.8 Å². The van der Waals surface area contributed by atoms with Crippen molar-refractivity contribution in [2.45, 2.75) is 48.0 Å². The van der Waals surface area contributed by atoms with Crippen molar-refractivity contribution in [3.8, 4) is 5.69 Å². The molecule has 27 heavy (non-hydrogen) atoms. The molecule has 6 heteroatoms. The highest BCUT2D eigenvalue weighted by atomic mass is 16.1. The Balaban J connectivity index is 2.43. The summed E-state index contributed by atoms with van der Waals surface area (Å²) in [5.41, 5.74) is 5.62. The van der Waals surface area contributed by atoms with Crippen LogP contribution in [-0.4, -0.2) is 32.2 Å². The van der Waals surface area contributed by atoms with Crippen molar-refractivity contribution in [1.82, 2.24) is 19.1 Å². The Kier molecular flexibility index (Phi) is 5.09. The van der Waals surface area contributed by atoms with E-state index in [2.05, 4.69) is 42.8 Å². The highest BCUT2D eigenvalue weighted by Crippen LogP contribution is 2.28. The molecule has 0 aliphatic carbocycles. The van der Waals surface area contributed by atoms with Crippen LogP contribution in [-0.2, 0) is 7.05 Å². The molecule has 0 saturated carbocycles. The maximum Gasteiger partial charge on any atom is 0.334 e. The third-order valence-corrected chi connectivity index (χ3v) is 5.02. The van der Waals surface area contributed by atoms with Gasteiger partial charge in [-0.25, -0.2) is 19.3 Å². The topological polar surface area (TPSA) is 56.0 Å². The normalized spacial score (nSPS) is 11.4. The summed E-state index contributed by atoms with van der Waals surface area (Å²) in [4.78, 5) is 24.8. The second-order valence-corrected chi connectivity index (χ2v) is 7.27. The van der Waals surface area contributed by atoms with Gasteiger partial charge >= 0.3 is 5.69 Å². The van der Waals surface area contributed by atoms with E-state index in [1.54, 1.807) is 9.13 Å². The maximum atomic E-state index is 13.2.